The maximum Gasteiger partial charge on any atom is 0.165 e. The summed E-state index contributed by atoms with van der Waals surface area (Å²) in [6, 6.07) is 6.29. The van der Waals surface area contributed by atoms with E-state index in [0.29, 0.717) is 6.42 Å². The monoisotopic (exact) mass is 250 g/mol. The minimum absolute atomic E-state index is 0.211. The highest BCUT2D eigenvalue weighted by molar-refractivity contribution is 5.81. The van der Waals surface area contributed by atoms with E-state index >= 15 is 0 Å². The van der Waals surface area contributed by atoms with Crippen LogP contribution in [0.15, 0.2) is 24.3 Å². The van der Waals surface area contributed by atoms with Crippen molar-refractivity contribution in [2.45, 2.75) is 38.5 Å². The molecule has 0 unspecified atom stereocenters. The molecule has 2 rings (SSSR count). The fourth-order valence-corrected chi connectivity index (χ4v) is 2.45. The molecule has 0 heterocycles. The first-order chi connectivity index (χ1) is 8.77. The zero-order chi connectivity index (χ0) is 12.8. The van der Waals surface area contributed by atoms with E-state index in [1.54, 1.807) is 18.2 Å². The molecule has 1 aliphatic rings. The van der Waals surface area contributed by atoms with Crippen molar-refractivity contribution in [2.24, 2.45) is 5.92 Å². The van der Waals surface area contributed by atoms with Gasteiger partial charge in [-0.3, -0.25) is 4.79 Å². The first kappa shape index (κ1) is 13.1. The van der Waals surface area contributed by atoms with Gasteiger partial charge in [0.1, 0.15) is 5.78 Å². The lowest BCUT2D eigenvalue weighted by molar-refractivity contribution is -0.124. The standard InChI is InChI=1S/C15H19FO2/c16-13-8-4-5-9-15(13)18-11-10-14(17)12-6-2-1-3-7-12/h4-5,8-9,12H,1-3,6-7,10-11H2. The van der Waals surface area contributed by atoms with E-state index in [-0.39, 0.29) is 29.9 Å². The number of carbonyl (C=O) groups excluding carboxylic acids is 1. The van der Waals surface area contributed by atoms with Crippen molar-refractivity contribution in [3.63, 3.8) is 0 Å². The fraction of sp³-hybridized carbons (Fsp3) is 0.533. The predicted molar refractivity (Wildman–Crippen MR) is 68.1 cm³/mol. The summed E-state index contributed by atoms with van der Waals surface area (Å²) in [7, 11) is 0. The number of Topliss-reactive ketones (excluding diaryl/α,β-unsaturated/α-hetero) is 1. The van der Waals surface area contributed by atoms with E-state index in [9.17, 15) is 9.18 Å². The molecule has 0 N–H and O–H groups in total. The molecule has 0 saturated heterocycles. The highest BCUT2D eigenvalue weighted by Crippen LogP contribution is 2.25. The molecule has 1 aliphatic carbocycles. The van der Waals surface area contributed by atoms with Crippen LogP contribution >= 0.6 is 0 Å². The zero-order valence-corrected chi connectivity index (χ0v) is 10.5. The number of ether oxygens (including phenoxy) is 1. The third-order valence-corrected chi connectivity index (χ3v) is 3.50. The van der Waals surface area contributed by atoms with Crippen LogP contribution in [0.2, 0.25) is 0 Å². The fourth-order valence-electron chi connectivity index (χ4n) is 2.45. The van der Waals surface area contributed by atoms with Crippen molar-refractivity contribution < 1.29 is 13.9 Å². The molecule has 3 heteroatoms. The average Bonchev–Trinajstić information content (AvgIpc) is 2.42. The van der Waals surface area contributed by atoms with Crippen LogP contribution in [0.25, 0.3) is 0 Å². The smallest absolute Gasteiger partial charge is 0.165 e. The number of hydrogen-bond donors (Lipinski definition) is 0. The minimum Gasteiger partial charge on any atom is -0.490 e. The summed E-state index contributed by atoms with van der Waals surface area (Å²) in [6.45, 7) is 0.274. The van der Waals surface area contributed by atoms with Gasteiger partial charge in [-0.1, -0.05) is 31.4 Å². The first-order valence-electron chi connectivity index (χ1n) is 6.67. The summed E-state index contributed by atoms with van der Waals surface area (Å²) < 4.78 is 18.6. The Morgan fingerprint density at radius 1 is 1.22 bits per heavy atom. The second-order valence-corrected chi connectivity index (χ2v) is 4.83. The Bertz CT molecular complexity index is 397. The molecule has 98 valence electrons. The lowest BCUT2D eigenvalue weighted by Crippen LogP contribution is -2.19. The molecule has 1 saturated carbocycles. The van der Waals surface area contributed by atoms with Gasteiger partial charge in [0.2, 0.25) is 0 Å². The molecule has 1 aromatic rings. The molecule has 2 nitrogen and oxygen atoms in total. The molecule has 0 bridgehead atoms. The van der Waals surface area contributed by atoms with Crippen LogP contribution in [0, 0.1) is 11.7 Å². The molecule has 0 amide bonds. The van der Waals surface area contributed by atoms with E-state index in [2.05, 4.69) is 0 Å². The molecular weight excluding hydrogens is 231 g/mol. The van der Waals surface area contributed by atoms with Crippen molar-refractivity contribution in [1.29, 1.82) is 0 Å². The number of ketones is 1. The van der Waals surface area contributed by atoms with Gasteiger partial charge in [0.15, 0.2) is 11.6 Å². The van der Waals surface area contributed by atoms with E-state index in [1.807, 2.05) is 0 Å². The number of halogens is 1. The van der Waals surface area contributed by atoms with E-state index in [4.69, 9.17) is 4.74 Å². The second kappa shape index (κ2) is 6.53. The topological polar surface area (TPSA) is 26.3 Å². The highest BCUT2D eigenvalue weighted by atomic mass is 19.1. The zero-order valence-electron chi connectivity index (χ0n) is 10.5. The Hall–Kier alpha value is -1.38. The average molecular weight is 250 g/mol. The maximum absolute atomic E-state index is 13.3. The Balaban J connectivity index is 1.75. The van der Waals surface area contributed by atoms with Gasteiger partial charge in [0.05, 0.1) is 6.61 Å². The number of rotatable bonds is 5. The van der Waals surface area contributed by atoms with E-state index in [0.717, 1.165) is 25.7 Å². The van der Waals surface area contributed by atoms with E-state index < -0.39 is 0 Å². The van der Waals surface area contributed by atoms with Crippen LogP contribution < -0.4 is 4.74 Å². The van der Waals surface area contributed by atoms with Crippen molar-refractivity contribution in [1.82, 2.24) is 0 Å². The van der Waals surface area contributed by atoms with Crippen LogP contribution in [-0.4, -0.2) is 12.4 Å². The minimum atomic E-state index is -0.373. The van der Waals surface area contributed by atoms with Crippen molar-refractivity contribution in [3.8, 4) is 5.75 Å². The molecule has 1 fully saturated rings. The Kier molecular flexibility index (Phi) is 4.73. The normalized spacial score (nSPS) is 16.5. The number of benzene rings is 1. The van der Waals surface area contributed by atoms with Crippen molar-refractivity contribution >= 4 is 5.78 Å². The molecule has 0 radical (unpaired) electrons. The Labute approximate surface area is 107 Å². The van der Waals surface area contributed by atoms with E-state index in [1.165, 1.54) is 12.5 Å². The van der Waals surface area contributed by atoms with Gasteiger partial charge >= 0.3 is 0 Å². The largest absolute Gasteiger partial charge is 0.490 e. The number of hydrogen-bond acceptors (Lipinski definition) is 2. The van der Waals surface area contributed by atoms with Gasteiger partial charge in [0, 0.05) is 12.3 Å². The quantitative estimate of drug-likeness (QED) is 0.795. The third-order valence-electron chi connectivity index (χ3n) is 3.50. The summed E-state index contributed by atoms with van der Waals surface area (Å²) in [5.74, 6) is 0.338. The molecule has 0 atom stereocenters. The summed E-state index contributed by atoms with van der Waals surface area (Å²) in [6.07, 6.45) is 5.97. The maximum atomic E-state index is 13.3. The SMILES string of the molecule is O=C(CCOc1ccccc1F)C1CCCCC1. The number of para-hydroxylation sites is 1. The molecule has 0 aromatic heterocycles. The van der Waals surface area contributed by atoms with Crippen LogP contribution in [0.5, 0.6) is 5.75 Å². The van der Waals surface area contributed by atoms with Gasteiger partial charge < -0.3 is 4.74 Å². The summed E-state index contributed by atoms with van der Waals surface area (Å²) in [5.41, 5.74) is 0. The summed E-state index contributed by atoms with van der Waals surface area (Å²) >= 11 is 0. The third kappa shape index (κ3) is 3.56. The van der Waals surface area contributed by atoms with Crippen LogP contribution in [0.4, 0.5) is 4.39 Å². The summed E-state index contributed by atoms with van der Waals surface area (Å²) in [4.78, 5) is 11.9. The molecule has 18 heavy (non-hydrogen) atoms. The van der Waals surface area contributed by atoms with Crippen molar-refractivity contribution in [2.75, 3.05) is 6.61 Å². The highest BCUT2D eigenvalue weighted by Gasteiger charge is 2.20. The number of carbonyl (C=O) groups is 1. The van der Waals surface area contributed by atoms with Crippen LogP contribution in [0.3, 0.4) is 0 Å². The Morgan fingerprint density at radius 2 is 1.94 bits per heavy atom. The predicted octanol–water partition coefficient (Wildman–Crippen LogP) is 3.74. The molecule has 0 spiro atoms. The lowest BCUT2D eigenvalue weighted by atomic mass is 9.85. The Morgan fingerprint density at radius 3 is 2.67 bits per heavy atom. The van der Waals surface area contributed by atoms with Gasteiger partial charge in [-0.05, 0) is 25.0 Å². The molecular formula is C15H19FO2. The van der Waals surface area contributed by atoms with Gasteiger partial charge in [-0.15, -0.1) is 0 Å². The second-order valence-electron chi connectivity index (χ2n) is 4.83. The lowest BCUT2D eigenvalue weighted by Gasteiger charge is -2.20. The van der Waals surface area contributed by atoms with Gasteiger partial charge in [-0.25, -0.2) is 4.39 Å². The molecule has 1 aromatic carbocycles. The molecule has 0 aliphatic heterocycles. The first-order valence-corrected chi connectivity index (χ1v) is 6.67. The van der Waals surface area contributed by atoms with Gasteiger partial charge in [-0.2, -0.15) is 0 Å². The van der Waals surface area contributed by atoms with Crippen LogP contribution in [-0.2, 0) is 4.79 Å². The van der Waals surface area contributed by atoms with Crippen molar-refractivity contribution in [3.05, 3.63) is 30.1 Å². The van der Waals surface area contributed by atoms with Crippen LogP contribution in [0.1, 0.15) is 38.5 Å². The van der Waals surface area contributed by atoms with Gasteiger partial charge in [0.25, 0.3) is 0 Å². The summed E-state index contributed by atoms with van der Waals surface area (Å²) in [5, 5.41) is 0.